The topological polar surface area (TPSA) is 53.1 Å². The molecule has 2 fully saturated rings. The molecule has 2 amide bonds. The third-order valence-electron chi connectivity index (χ3n) is 6.32. The van der Waals surface area contributed by atoms with Crippen LogP contribution in [0.4, 0.5) is 11.4 Å². The zero-order valence-corrected chi connectivity index (χ0v) is 18.6. The molecule has 2 aliphatic rings. The number of anilines is 2. The fourth-order valence-electron chi connectivity index (χ4n) is 4.67. The van der Waals surface area contributed by atoms with E-state index in [9.17, 15) is 9.59 Å². The Labute approximate surface area is 184 Å². The van der Waals surface area contributed by atoms with Gasteiger partial charge in [0.1, 0.15) is 5.75 Å². The Morgan fingerprint density at radius 3 is 2.61 bits per heavy atom. The average molecular weight is 422 g/mol. The molecule has 0 bridgehead atoms. The van der Waals surface area contributed by atoms with Crippen LogP contribution in [-0.4, -0.2) is 50.5 Å². The van der Waals surface area contributed by atoms with Crippen molar-refractivity contribution >= 4 is 23.2 Å². The largest absolute Gasteiger partial charge is 0.495 e. The van der Waals surface area contributed by atoms with Gasteiger partial charge in [-0.15, -0.1) is 0 Å². The van der Waals surface area contributed by atoms with Gasteiger partial charge in [-0.2, -0.15) is 0 Å². The molecule has 164 valence electrons. The maximum absolute atomic E-state index is 13.2. The number of hydrogen-bond acceptors (Lipinski definition) is 4. The van der Waals surface area contributed by atoms with Crippen molar-refractivity contribution in [2.45, 2.75) is 32.7 Å². The summed E-state index contributed by atoms with van der Waals surface area (Å²) in [5, 5.41) is 0. The first-order valence-corrected chi connectivity index (χ1v) is 11.0. The molecule has 2 aromatic rings. The molecule has 0 spiro atoms. The van der Waals surface area contributed by atoms with Gasteiger partial charge in [-0.1, -0.05) is 24.3 Å². The number of aryl methyl sites for hydroxylation is 1. The minimum atomic E-state index is -0.346. The Bertz CT molecular complexity index is 968. The lowest BCUT2D eigenvalue weighted by Gasteiger charge is -2.26. The lowest BCUT2D eigenvalue weighted by Crippen LogP contribution is -2.35. The monoisotopic (exact) mass is 421 g/mol. The van der Waals surface area contributed by atoms with E-state index in [0.29, 0.717) is 18.8 Å². The van der Waals surface area contributed by atoms with E-state index >= 15 is 0 Å². The van der Waals surface area contributed by atoms with Crippen LogP contribution in [0.2, 0.25) is 0 Å². The maximum Gasteiger partial charge on any atom is 0.228 e. The van der Waals surface area contributed by atoms with Crippen LogP contribution in [0.25, 0.3) is 0 Å². The summed E-state index contributed by atoms with van der Waals surface area (Å²) >= 11 is 0. The number of benzene rings is 2. The van der Waals surface area contributed by atoms with E-state index in [-0.39, 0.29) is 24.2 Å². The van der Waals surface area contributed by atoms with Crippen molar-refractivity contribution < 1.29 is 14.3 Å². The molecule has 6 heteroatoms. The Hall–Kier alpha value is -3.02. The highest BCUT2D eigenvalue weighted by Crippen LogP contribution is 2.34. The molecular weight excluding hydrogens is 390 g/mol. The lowest BCUT2D eigenvalue weighted by molar-refractivity contribution is -0.135. The van der Waals surface area contributed by atoms with Gasteiger partial charge in [-0.25, -0.2) is 0 Å². The SMILES string of the molecule is COc1ccc(C)cc1N1CC(C(=O)N(C)Cc2ccccc2N2CCCC2)CC1=O. The second-order valence-electron chi connectivity index (χ2n) is 8.60. The second-order valence-corrected chi connectivity index (χ2v) is 8.60. The summed E-state index contributed by atoms with van der Waals surface area (Å²) < 4.78 is 5.45. The van der Waals surface area contributed by atoms with Gasteiger partial charge in [0.2, 0.25) is 11.8 Å². The van der Waals surface area contributed by atoms with Crippen LogP contribution in [0.15, 0.2) is 42.5 Å². The second kappa shape index (κ2) is 9.00. The van der Waals surface area contributed by atoms with E-state index in [4.69, 9.17) is 4.74 Å². The van der Waals surface area contributed by atoms with Crippen molar-refractivity contribution in [1.82, 2.24) is 4.90 Å². The van der Waals surface area contributed by atoms with Gasteiger partial charge in [0.15, 0.2) is 0 Å². The molecule has 31 heavy (non-hydrogen) atoms. The number of hydrogen-bond donors (Lipinski definition) is 0. The van der Waals surface area contributed by atoms with Crippen LogP contribution >= 0.6 is 0 Å². The van der Waals surface area contributed by atoms with Crippen molar-refractivity contribution in [2.75, 3.05) is 43.6 Å². The van der Waals surface area contributed by atoms with E-state index in [1.54, 1.807) is 16.9 Å². The molecule has 1 unspecified atom stereocenters. The van der Waals surface area contributed by atoms with Gasteiger partial charge in [0, 0.05) is 45.3 Å². The van der Waals surface area contributed by atoms with E-state index in [2.05, 4.69) is 23.1 Å². The first-order valence-electron chi connectivity index (χ1n) is 11.0. The predicted molar refractivity (Wildman–Crippen MR) is 123 cm³/mol. The molecule has 1 atom stereocenters. The molecule has 0 aliphatic carbocycles. The van der Waals surface area contributed by atoms with Crippen molar-refractivity contribution in [3.05, 3.63) is 53.6 Å². The maximum atomic E-state index is 13.2. The van der Waals surface area contributed by atoms with E-state index in [1.165, 1.54) is 18.5 Å². The molecule has 0 radical (unpaired) electrons. The normalized spacial score (nSPS) is 18.5. The summed E-state index contributed by atoms with van der Waals surface area (Å²) in [6.07, 6.45) is 2.66. The minimum absolute atomic E-state index is 0.0127. The van der Waals surface area contributed by atoms with Gasteiger partial charge >= 0.3 is 0 Å². The fraction of sp³-hybridized carbons (Fsp3) is 0.440. The highest BCUT2D eigenvalue weighted by atomic mass is 16.5. The van der Waals surface area contributed by atoms with Gasteiger partial charge in [-0.3, -0.25) is 9.59 Å². The first-order chi connectivity index (χ1) is 15.0. The van der Waals surface area contributed by atoms with Gasteiger partial charge < -0.3 is 19.4 Å². The van der Waals surface area contributed by atoms with Gasteiger partial charge in [0.25, 0.3) is 0 Å². The highest BCUT2D eigenvalue weighted by Gasteiger charge is 2.37. The number of nitrogens with zero attached hydrogens (tertiary/aromatic N) is 3. The fourth-order valence-corrected chi connectivity index (χ4v) is 4.67. The lowest BCUT2D eigenvalue weighted by atomic mass is 10.1. The Balaban J connectivity index is 1.47. The Kier molecular flexibility index (Phi) is 6.16. The van der Waals surface area contributed by atoms with Crippen LogP contribution in [0.3, 0.4) is 0 Å². The number of carbonyl (C=O) groups is 2. The molecule has 2 heterocycles. The number of para-hydroxylation sites is 1. The Morgan fingerprint density at radius 1 is 1.13 bits per heavy atom. The summed E-state index contributed by atoms with van der Waals surface area (Å²) in [4.78, 5) is 31.9. The van der Waals surface area contributed by atoms with Crippen molar-refractivity contribution in [3.63, 3.8) is 0 Å². The quantitative estimate of drug-likeness (QED) is 0.715. The van der Waals surface area contributed by atoms with Crippen molar-refractivity contribution in [2.24, 2.45) is 5.92 Å². The number of methoxy groups -OCH3 is 1. The summed E-state index contributed by atoms with van der Waals surface area (Å²) in [5.41, 5.74) is 4.16. The van der Waals surface area contributed by atoms with Crippen LogP contribution in [-0.2, 0) is 16.1 Å². The van der Waals surface area contributed by atoms with Crippen molar-refractivity contribution in [1.29, 1.82) is 0 Å². The number of ether oxygens (including phenoxy) is 1. The van der Waals surface area contributed by atoms with Gasteiger partial charge in [0.05, 0.1) is 18.7 Å². The third kappa shape index (κ3) is 4.38. The van der Waals surface area contributed by atoms with E-state index in [0.717, 1.165) is 29.9 Å². The average Bonchev–Trinajstić information content (AvgIpc) is 3.43. The van der Waals surface area contributed by atoms with Crippen LogP contribution in [0, 0.1) is 12.8 Å². The molecule has 0 saturated carbocycles. The smallest absolute Gasteiger partial charge is 0.228 e. The molecule has 0 aromatic heterocycles. The molecule has 0 N–H and O–H groups in total. The summed E-state index contributed by atoms with van der Waals surface area (Å²) in [6, 6.07) is 14.1. The molecule has 2 aromatic carbocycles. The summed E-state index contributed by atoms with van der Waals surface area (Å²) in [6.45, 7) is 5.05. The zero-order chi connectivity index (χ0) is 22.0. The van der Waals surface area contributed by atoms with E-state index in [1.807, 2.05) is 38.2 Å². The van der Waals surface area contributed by atoms with Gasteiger partial charge in [-0.05, 0) is 49.1 Å². The molecule has 4 rings (SSSR count). The predicted octanol–water partition coefficient (Wildman–Crippen LogP) is 3.62. The standard InChI is InChI=1S/C25H31N3O3/c1-18-10-11-23(31-3)22(14-18)28-17-20(15-24(28)29)25(30)26(2)16-19-8-4-5-9-21(19)27-12-6-7-13-27/h4-5,8-11,14,20H,6-7,12-13,15-17H2,1-3H3. The van der Waals surface area contributed by atoms with Crippen LogP contribution in [0.5, 0.6) is 5.75 Å². The molecule has 6 nitrogen and oxygen atoms in total. The van der Waals surface area contributed by atoms with Crippen LogP contribution in [0.1, 0.15) is 30.4 Å². The highest BCUT2D eigenvalue weighted by molar-refractivity contribution is 6.01. The summed E-state index contributed by atoms with van der Waals surface area (Å²) in [7, 11) is 3.44. The van der Waals surface area contributed by atoms with Crippen molar-refractivity contribution in [3.8, 4) is 5.75 Å². The summed E-state index contributed by atoms with van der Waals surface area (Å²) in [5.74, 6) is 0.286. The number of carbonyl (C=O) groups excluding carboxylic acids is 2. The third-order valence-corrected chi connectivity index (χ3v) is 6.32. The first kappa shape index (κ1) is 21.2. The Morgan fingerprint density at radius 2 is 1.87 bits per heavy atom. The molecule has 2 saturated heterocycles. The zero-order valence-electron chi connectivity index (χ0n) is 18.6. The minimum Gasteiger partial charge on any atom is -0.495 e. The number of amides is 2. The van der Waals surface area contributed by atoms with Crippen LogP contribution < -0.4 is 14.5 Å². The molecule has 2 aliphatic heterocycles. The number of rotatable bonds is 6. The molecular formula is C25H31N3O3. The van der Waals surface area contributed by atoms with E-state index < -0.39 is 0 Å².